The summed E-state index contributed by atoms with van der Waals surface area (Å²) >= 11 is 0. The first kappa shape index (κ1) is 24.1. The van der Waals surface area contributed by atoms with Gasteiger partial charge in [-0.2, -0.15) is 0 Å². The minimum Gasteiger partial charge on any atom is -0.497 e. The molecule has 0 unspecified atom stereocenters. The van der Waals surface area contributed by atoms with Gasteiger partial charge in [0.1, 0.15) is 5.75 Å². The summed E-state index contributed by atoms with van der Waals surface area (Å²) in [6.07, 6.45) is 5.59. The molecule has 0 atom stereocenters. The fourth-order valence-corrected chi connectivity index (χ4v) is 3.75. The molecule has 0 bridgehead atoms. The molecule has 2 N–H and O–H groups in total. The number of benzene rings is 2. The van der Waals surface area contributed by atoms with E-state index in [1.165, 1.54) is 16.7 Å². The van der Waals surface area contributed by atoms with Crippen LogP contribution in [0.1, 0.15) is 42.4 Å². The van der Waals surface area contributed by atoms with E-state index in [4.69, 9.17) is 14.2 Å². The molecule has 32 heavy (non-hydrogen) atoms. The van der Waals surface area contributed by atoms with Crippen LogP contribution in [0.15, 0.2) is 53.5 Å². The number of hydrogen-bond donors (Lipinski definition) is 2. The lowest BCUT2D eigenvalue weighted by Crippen LogP contribution is -2.37. The van der Waals surface area contributed by atoms with Gasteiger partial charge in [0.05, 0.1) is 19.8 Å². The Morgan fingerprint density at radius 1 is 1.00 bits per heavy atom. The average molecular weight is 440 g/mol. The molecule has 0 radical (unpaired) electrons. The summed E-state index contributed by atoms with van der Waals surface area (Å²) in [7, 11) is 3.51. The molecule has 1 fully saturated rings. The van der Waals surface area contributed by atoms with E-state index in [2.05, 4.69) is 52.0 Å². The normalized spacial score (nSPS) is 14.9. The van der Waals surface area contributed by atoms with Gasteiger partial charge >= 0.3 is 0 Å². The number of unbranched alkanes of at least 4 members (excludes halogenated alkanes) is 1. The van der Waals surface area contributed by atoms with Crippen molar-refractivity contribution in [3.8, 4) is 5.75 Å². The van der Waals surface area contributed by atoms with E-state index in [9.17, 15) is 0 Å². The summed E-state index contributed by atoms with van der Waals surface area (Å²) in [5.41, 5.74) is 3.77. The number of nitrogens with one attached hydrogen (secondary N) is 2. The number of methoxy groups -OCH3 is 1. The van der Waals surface area contributed by atoms with E-state index in [0.29, 0.717) is 12.7 Å². The fraction of sp³-hybridized carbons (Fsp3) is 0.500. The Kier molecular flexibility index (Phi) is 10.4. The number of guanidine groups is 1. The number of hydrogen-bond acceptors (Lipinski definition) is 4. The zero-order valence-corrected chi connectivity index (χ0v) is 19.4. The summed E-state index contributed by atoms with van der Waals surface area (Å²) in [6.45, 7) is 3.90. The highest BCUT2D eigenvalue weighted by Gasteiger charge is 2.14. The molecule has 6 heteroatoms. The molecule has 2 aromatic rings. The van der Waals surface area contributed by atoms with Crippen LogP contribution < -0.4 is 15.4 Å². The lowest BCUT2D eigenvalue weighted by atomic mass is 10.1. The Morgan fingerprint density at radius 2 is 1.78 bits per heavy atom. The second-order valence-corrected chi connectivity index (χ2v) is 8.10. The molecule has 2 aromatic carbocycles. The summed E-state index contributed by atoms with van der Waals surface area (Å²) in [5.74, 6) is 1.74. The van der Waals surface area contributed by atoms with Gasteiger partial charge in [0.25, 0.3) is 0 Å². The number of rotatable bonds is 11. The molecule has 0 spiro atoms. The van der Waals surface area contributed by atoms with Crippen LogP contribution in [0.3, 0.4) is 0 Å². The van der Waals surface area contributed by atoms with Crippen molar-refractivity contribution in [1.29, 1.82) is 0 Å². The molecule has 0 saturated carbocycles. The maximum Gasteiger partial charge on any atom is 0.191 e. The van der Waals surface area contributed by atoms with Crippen molar-refractivity contribution < 1.29 is 14.2 Å². The van der Waals surface area contributed by atoms with Gasteiger partial charge < -0.3 is 24.8 Å². The topological polar surface area (TPSA) is 64.1 Å². The van der Waals surface area contributed by atoms with Gasteiger partial charge in [0.2, 0.25) is 0 Å². The van der Waals surface area contributed by atoms with Crippen LogP contribution in [-0.2, 0) is 29.0 Å². The molecule has 1 aliphatic heterocycles. The van der Waals surface area contributed by atoms with E-state index in [-0.39, 0.29) is 0 Å². The molecular weight excluding hydrogens is 402 g/mol. The van der Waals surface area contributed by atoms with Crippen molar-refractivity contribution in [2.45, 2.75) is 51.4 Å². The monoisotopic (exact) mass is 439 g/mol. The van der Waals surface area contributed by atoms with E-state index < -0.39 is 0 Å². The van der Waals surface area contributed by atoms with Crippen LogP contribution in [0, 0.1) is 0 Å². The lowest BCUT2D eigenvalue weighted by molar-refractivity contribution is -0.0390. The first-order valence-corrected chi connectivity index (χ1v) is 11.6. The van der Waals surface area contributed by atoms with Crippen LogP contribution in [0.5, 0.6) is 5.75 Å². The van der Waals surface area contributed by atoms with Gasteiger partial charge in [0.15, 0.2) is 5.96 Å². The highest BCUT2D eigenvalue weighted by Crippen LogP contribution is 2.15. The molecule has 174 valence electrons. The zero-order chi connectivity index (χ0) is 22.4. The fourth-order valence-electron chi connectivity index (χ4n) is 3.75. The maximum atomic E-state index is 6.05. The predicted octanol–water partition coefficient (Wildman–Crippen LogP) is 4.08. The highest BCUT2D eigenvalue weighted by molar-refractivity contribution is 5.79. The van der Waals surface area contributed by atoms with Gasteiger partial charge in [-0.05, 0) is 60.9 Å². The van der Waals surface area contributed by atoms with Crippen molar-refractivity contribution in [3.05, 3.63) is 65.2 Å². The Labute approximate surface area is 192 Å². The quantitative estimate of drug-likeness (QED) is 0.314. The third-order valence-electron chi connectivity index (χ3n) is 5.67. The zero-order valence-electron chi connectivity index (χ0n) is 19.4. The summed E-state index contributed by atoms with van der Waals surface area (Å²) in [6, 6.07) is 16.9. The molecule has 0 aliphatic carbocycles. The lowest BCUT2D eigenvalue weighted by Gasteiger charge is -2.22. The first-order chi connectivity index (χ1) is 15.8. The van der Waals surface area contributed by atoms with Crippen molar-refractivity contribution in [2.75, 3.05) is 33.9 Å². The van der Waals surface area contributed by atoms with Crippen molar-refractivity contribution in [1.82, 2.24) is 10.6 Å². The summed E-state index contributed by atoms with van der Waals surface area (Å²) in [4.78, 5) is 4.34. The number of ether oxygens (including phenoxy) is 3. The Morgan fingerprint density at radius 3 is 2.53 bits per heavy atom. The van der Waals surface area contributed by atoms with E-state index in [1.807, 2.05) is 19.2 Å². The number of aryl methyl sites for hydroxylation is 1. The number of aliphatic imine (C=N–C) groups is 1. The highest BCUT2D eigenvalue weighted by atomic mass is 16.5. The molecule has 1 saturated heterocycles. The van der Waals surface area contributed by atoms with E-state index in [1.54, 1.807) is 7.11 Å². The van der Waals surface area contributed by atoms with E-state index >= 15 is 0 Å². The molecule has 1 heterocycles. The molecule has 3 rings (SSSR count). The van der Waals surface area contributed by atoms with Gasteiger partial charge in [-0.15, -0.1) is 0 Å². The number of nitrogens with zero attached hydrogens (tertiary/aromatic N) is 1. The summed E-state index contributed by atoms with van der Waals surface area (Å²) < 4.78 is 16.7. The van der Waals surface area contributed by atoms with Crippen LogP contribution in [-0.4, -0.2) is 46.0 Å². The minimum atomic E-state index is 0.318. The molecule has 0 aromatic heterocycles. The molecule has 1 aliphatic rings. The first-order valence-electron chi connectivity index (χ1n) is 11.6. The molecule has 0 amide bonds. The molecular formula is C26H37N3O3. The Balaban J connectivity index is 1.32. The van der Waals surface area contributed by atoms with E-state index in [0.717, 1.165) is 70.1 Å². The van der Waals surface area contributed by atoms with Gasteiger partial charge in [0, 0.05) is 33.4 Å². The second-order valence-electron chi connectivity index (χ2n) is 8.10. The second kappa shape index (κ2) is 13.8. The van der Waals surface area contributed by atoms with Gasteiger partial charge in [-0.3, -0.25) is 4.99 Å². The van der Waals surface area contributed by atoms with Gasteiger partial charge in [-0.1, -0.05) is 36.4 Å². The molecule has 6 nitrogen and oxygen atoms in total. The Bertz CT molecular complexity index is 817. The predicted molar refractivity (Wildman–Crippen MR) is 129 cm³/mol. The van der Waals surface area contributed by atoms with Crippen LogP contribution in [0.4, 0.5) is 0 Å². The summed E-state index contributed by atoms with van der Waals surface area (Å²) in [5, 5.41) is 6.82. The van der Waals surface area contributed by atoms with Gasteiger partial charge in [-0.25, -0.2) is 0 Å². The average Bonchev–Trinajstić information content (AvgIpc) is 2.85. The largest absolute Gasteiger partial charge is 0.497 e. The smallest absolute Gasteiger partial charge is 0.191 e. The standard InChI is InChI=1S/C26H37N3O3/c1-27-26(28-15-4-3-6-21-9-11-24(30-2)12-10-21)29-19-22-7-5-8-23(18-22)20-32-25-13-16-31-17-14-25/h5,7-12,18,25H,3-4,6,13-17,19-20H2,1-2H3,(H2,27,28,29). The Hall–Kier alpha value is -2.57. The van der Waals surface area contributed by atoms with Crippen LogP contribution in [0.2, 0.25) is 0 Å². The third kappa shape index (κ3) is 8.52. The van der Waals surface area contributed by atoms with Crippen molar-refractivity contribution in [2.24, 2.45) is 4.99 Å². The van der Waals surface area contributed by atoms with Crippen LogP contribution in [0.25, 0.3) is 0 Å². The van der Waals surface area contributed by atoms with Crippen LogP contribution >= 0.6 is 0 Å². The van der Waals surface area contributed by atoms with Crippen molar-refractivity contribution >= 4 is 5.96 Å². The SMILES string of the molecule is CN=C(NCCCCc1ccc(OC)cc1)NCc1cccc(COC2CCOCC2)c1. The minimum absolute atomic E-state index is 0.318. The third-order valence-corrected chi connectivity index (χ3v) is 5.67. The maximum absolute atomic E-state index is 6.05. The van der Waals surface area contributed by atoms with Crippen molar-refractivity contribution in [3.63, 3.8) is 0 Å².